The van der Waals surface area contributed by atoms with Crippen molar-refractivity contribution in [3.05, 3.63) is 212 Å². The summed E-state index contributed by atoms with van der Waals surface area (Å²) in [6, 6.07) is 75.8. The fraction of sp³-hybridized carbons (Fsp3) is 0. The Hall–Kier alpha value is -7.88. The Balaban J connectivity index is 1.03. The Kier molecular flexibility index (Phi) is 7.54. The third-order valence-electron chi connectivity index (χ3n) is 11.9. The summed E-state index contributed by atoms with van der Waals surface area (Å²) < 4.78 is 13.2. The Labute approximate surface area is 340 Å². The Bertz CT molecular complexity index is 3540. The number of anilines is 3. The normalized spacial score (nSPS) is 11.7. The molecule has 0 radical (unpaired) electrons. The van der Waals surface area contributed by atoms with E-state index < -0.39 is 0 Å². The molecule has 0 aliphatic carbocycles. The van der Waals surface area contributed by atoms with Crippen LogP contribution in [0.2, 0.25) is 0 Å². The SMILES string of the molecule is c1ccc(-c2ccc(N(c3ccc(-c4cccc5ccccc45)cc3)c3ccc(-c4cccc5c4oc4c5ccc5oc6ccccc6c54)c4ccccc34)cc2)cc1. The first kappa shape index (κ1) is 33.3. The molecule has 0 saturated heterocycles. The summed E-state index contributed by atoms with van der Waals surface area (Å²) in [6.07, 6.45) is 0. The van der Waals surface area contributed by atoms with Gasteiger partial charge < -0.3 is 13.7 Å². The minimum atomic E-state index is 0.830. The van der Waals surface area contributed by atoms with Crippen LogP contribution in [-0.2, 0) is 0 Å². The highest BCUT2D eigenvalue weighted by molar-refractivity contribution is 6.23. The third kappa shape index (κ3) is 5.36. The largest absolute Gasteiger partial charge is 0.456 e. The van der Waals surface area contributed by atoms with Crippen LogP contribution < -0.4 is 4.90 Å². The smallest absolute Gasteiger partial charge is 0.147 e. The molecule has 0 fully saturated rings. The molecule has 0 spiro atoms. The summed E-state index contributed by atoms with van der Waals surface area (Å²) in [6.45, 7) is 0. The zero-order valence-electron chi connectivity index (χ0n) is 32.0. The lowest BCUT2D eigenvalue weighted by molar-refractivity contribution is 0.663. The van der Waals surface area contributed by atoms with E-state index >= 15 is 0 Å². The van der Waals surface area contributed by atoms with E-state index in [1.54, 1.807) is 0 Å². The number of furan rings is 2. The van der Waals surface area contributed by atoms with E-state index in [1.807, 2.05) is 12.1 Å². The topological polar surface area (TPSA) is 29.5 Å². The van der Waals surface area contributed by atoms with Crippen LogP contribution in [0.25, 0.3) is 98.8 Å². The van der Waals surface area contributed by atoms with Crippen LogP contribution in [0.5, 0.6) is 0 Å². The van der Waals surface area contributed by atoms with Crippen LogP contribution >= 0.6 is 0 Å². The molecule has 0 atom stereocenters. The van der Waals surface area contributed by atoms with Crippen molar-refractivity contribution >= 4 is 82.5 Å². The summed E-state index contributed by atoms with van der Waals surface area (Å²) >= 11 is 0. The van der Waals surface area contributed by atoms with Crippen LogP contribution in [-0.4, -0.2) is 0 Å². The molecule has 2 aromatic heterocycles. The van der Waals surface area contributed by atoms with Gasteiger partial charge in [-0.3, -0.25) is 0 Å². The lowest BCUT2D eigenvalue weighted by atomic mass is 9.94. The van der Waals surface area contributed by atoms with Gasteiger partial charge in [-0.25, -0.2) is 0 Å². The summed E-state index contributed by atoms with van der Waals surface area (Å²) in [5.41, 5.74) is 13.6. The highest BCUT2D eigenvalue weighted by atomic mass is 16.3. The summed E-state index contributed by atoms with van der Waals surface area (Å²) in [5.74, 6) is 0. The van der Waals surface area contributed by atoms with Crippen molar-refractivity contribution in [3.8, 4) is 33.4 Å². The maximum absolute atomic E-state index is 6.93. The Morgan fingerprint density at radius 3 is 1.69 bits per heavy atom. The van der Waals surface area contributed by atoms with Crippen LogP contribution in [0, 0.1) is 0 Å². The van der Waals surface area contributed by atoms with Crippen molar-refractivity contribution in [3.63, 3.8) is 0 Å². The molecule has 2 heterocycles. The van der Waals surface area contributed by atoms with Gasteiger partial charge in [-0.15, -0.1) is 0 Å². The van der Waals surface area contributed by atoms with Gasteiger partial charge in [-0.2, -0.15) is 0 Å². The van der Waals surface area contributed by atoms with Crippen LogP contribution in [0.3, 0.4) is 0 Å². The number of hydrogen-bond donors (Lipinski definition) is 0. The quantitative estimate of drug-likeness (QED) is 0.169. The molecule has 276 valence electrons. The second kappa shape index (κ2) is 13.4. The summed E-state index contributed by atoms with van der Waals surface area (Å²) in [7, 11) is 0. The molecule has 12 rings (SSSR count). The van der Waals surface area contributed by atoms with E-state index in [0.29, 0.717) is 0 Å². The fourth-order valence-corrected chi connectivity index (χ4v) is 9.12. The summed E-state index contributed by atoms with van der Waals surface area (Å²) in [4.78, 5) is 2.39. The average molecular weight is 754 g/mol. The number of para-hydroxylation sites is 2. The second-order valence-corrected chi connectivity index (χ2v) is 15.2. The van der Waals surface area contributed by atoms with Crippen molar-refractivity contribution in [2.75, 3.05) is 4.90 Å². The second-order valence-electron chi connectivity index (χ2n) is 15.2. The molecule has 0 saturated carbocycles. The molecule has 59 heavy (non-hydrogen) atoms. The van der Waals surface area contributed by atoms with Gasteiger partial charge in [0.2, 0.25) is 0 Å². The zero-order chi connectivity index (χ0) is 38.9. The van der Waals surface area contributed by atoms with E-state index in [4.69, 9.17) is 8.83 Å². The molecule has 0 aliphatic heterocycles. The fourth-order valence-electron chi connectivity index (χ4n) is 9.12. The number of fused-ring (bicyclic) bond motifs is 9. The molecule has 0 amide bonds. The first-order valence-electron chi connectivity index (χ1n) is 20.1. The van der Waals surface area contributed by atoms with Crippen molar-refractivity contribution in [1.29, 1.82) is 0 Å². The highest BCUT2D eigenvalue weighted by Gasteiger charge is 2.22. The van der Waals surface area contributed by atoms with Crippen LogP contribution in [0.1, 0.15) is 0 Å². The molecule has 10 aromatic carbocycles. The Morgan fingerprint density at radius 2 is 0.881 bits per heavy atom. The van der Waals surface area contributed by atoms with E-state index in [9.17, 15) is 0 Å². The number of hydrogen-bond acceptors (Lipinski definition) is 3. The standard InChI is InChI=1S/C56H35NO2/c1-2-12-36(13-3-1)37-24-28-40(29-25-37)57(41-30-26-39(27-31-41)43-20-10-15-38-14-4-5-16-42(38)43)51-34-32-45(44-17-6-7-18-46(44)51)47-21-11-22-48-49-33-35-53-54(56(49)59-55(47)48)50-19-8-9-23-52(50)58-53/h1-35H. The minimum Gasteiger partial charge on any atom is -0.456 e. The first-order chi connectivity index (χ1) is 29.3. The maximum Gasteiger partial charge on any atom is 0.147 e. The molecule has 0 unspecified atom stereocenters. The van der Waals surface area contributed by atoms with Gasteiger partial charge >= 0.3 is 0 Å². The average Bonchev–Trinajstić information content (AvgIpc) is 3.89. The van der Waals surface area contributed by atoms with E-state index in [-0.39, 0.29) is 0 Å². The molecule has 3 heteroatoms. The highest BCUT2D eigenvalue weighted by Crippen LogP contribution is 2.46. The monoisotopic (exact) mass is 753 g/mol. The van der Waals surface area contributed by atoms with Crippen LogP contribution in [0.15, 0.2) is 221 Å². The summed E-state index contributed by atoms with van der Waals surface area (Å²) in [5, 5.41) is 9.03. The van der Waals surface area contributed by atoms with Gasteiger partial charge in [0, 0.05) is 38.5 Å². The van der Waals surface area contributed by atoms with Gasteiger partial charge in [0.15, 0.2) is 0 Å². The van der Waals surface area contributed by atoms with Gasteiger partial charge in [-0.1, -0.05) is 164 Å². The van der Waals surface area contributed by atoms with E-state index in [0.717, 1.165) is 82.8 Å². The van der Waals surface area contributed by atoms with Gasteiger partial charge in [-0.05, 0) is 92.5 Å². The molecule has 12 aromatic rings. The predicted molar refractivity (Wildman–Crippen MR) is 247 cm³/mol. The first-order valence-corrected chi connectivity index (χ1v) is 20.1. The molecule has 0 N–H and O–H groups in total. The predicted octanol–water partition coefficient (Wildman–Crippen LogP) is 16.3. The van der Waals surface area contributed by atoms with Crippen molar-refractivity contribution in [2.24, 2.45) is 0 Å². The van der Waals surface area contributed by atoms with Gasteiger partial charge in [0.1, 0.15) is 22.3 Å². The third-order valence-corrected chi connectivity index (χ3v) is 11.9. The zero-order valence-corrected chi connectivity index (χ0v) is 32.0. The van der Waals surface area contributed by atoms with Crippen molar-refractivity contribution in [2.45, 2.75) is 0 Å². The van der Waals surface area contributed by atoms with Gasteiger partial charge in [0.05, 0.1) is 11.1 Å². The number of nitrogens with zero attached hydrogens (tertiary/aromatic N) is 1. The maximum atomic E-state index is 6.93. The van der Waals surface area contributed by atoms with Crippen molar-refractivity contribution in [1.82, 2.24) is 0 Å². The lowest BCUT2D eigenvalue weighted by Crippen LogP contribution is -2.10. The van der Waals surface area contributed by atoms with Crippen molar-refractivity contribution < 1.29 is 8.83 Å². The lowest BCUT2D eigenvalue weighted by Gasteiger charge is -2.28. The molecular formula is C56H35NO2. The number of benzene rings is 10. The molecule has 0 aliphatic rings. The van der Waals surface area contributed by atoms with E-state index in [1.165, 1.54) is 33.0 Å². The van der Waals surface area contributed by atoms with Gasteiger partial charge in [0.25, 0.3) is 0 Å². The molecule has 0 bridgehead atoms. The molecule has 3 nitrogen and oxygen atoms in total. The molecular weight excluding hydrogens is 719 g/mol. The number of rotatable bonds is 6. The van der Waals surface area contributed by atoms with Crippen LogP contribution in [0.4, 0.5) is 17.1 Å². The minimum absolute atomic E-state index is 0.830. The van der Waals surface area contributed by atoms with E-state index in [2.05, 4.69) is 205 Å². The Morgan fingerprint density at radius 1 is 0.288 bits per heavy atom.